The van der Waals surface area contributed by atoms with Crippen LogP contribution in [-0.4, -0.2) is 19.7 Å². The zero-order valence-electron chi connectivity index (χ0n) is 11.4. The van der Waals surface area contributed by atoms with Crippen molar-refractivity contribution in [1.82, 2.24) is 4.98 Å². The second-order valence-electron chi connectivity index (χ2n) is 4.69. The first-order valence-electron chi connectivity index (χ1n) is 6.35. The van der Waals surface area contributed by atoms with Gasteiger partial charge in [0, 0.05) is 17.4 Å². The molecule has 106 valence electrons. The Morgan fingerprint density at radius 2 is 1.57 bits per heavy atom. The Hall–Kier alpha value is -2.40. The molecule has 3 aromatic rings. The van der Waals surface area contributed by atoms with Gasteiger partial charge in [-0.15, -0.1) is 0 Å². The Morgan fingerprint density at radius 1 is 0.905 bits per heavy atom. The highest BCUT2D eigenvalue weighted by Gasteiger charge is 2.14. The molecule has 4 nitrogen and oxygen atoms in total. The lowest BCUT2D eigenvalue weighted by molar-refractivity contribution is 0.572. The van der Waals surface area contributed by atoms with Crippen LogP contribution in [0.5, 0.6) is 0 Å². The smallest absolute Gasteiger partial charge is 0.182 e. The second kappa shape index (κ2) is 5.18. The zero-order chi connectivity index (χ0) is 14.9. The summed E-state index contributed by atoms with van der Waals surface area (Å²) in [5.41, 5.74) is 2.48. The molecule has 0 spiro atoms. The number of hydrogen-bond donors (Lipinski definition) is 0. The van der Waals surface area contributed by atoms with Crippen LogP contribution in [0.25, 0.3) is 22.6 Å². The molecule has 0 radical (unpaired) electrons. The van der Waals surface area contributed by atoms with E-state index in [9.17, 15) is 8.42 Å². The average Bonchev–Trinajstić information content (AvgIpc) is 2.97. The van der Waals surface area contributed by atoms with Crippen molar-refractivity contribution in [2.24, 2.45) is 0 Å². The summed E-state index contributed by atoms with van der Waals surface area (Å²) in [5, 5.41) is 0. The predicted octanol–water partition coefficient (Wildman–Crippen LogP) is 3.41. The lowest BCUT2D eigenvalue weighted by atomic mass is 10.1. The van der Waals surface area contributed by atoms with E-state index in [0.717, 1.165) is 16.8 Å². The van der Waals surface area contributed by atoms with Gasteiger partial charge in [0.1, 0.15) is 5.69 Å². The minimum absolute atomic E-state index is 0.284. The van der Waals surface area contributed by atoms with E-state index >= 15 is 0 Å². The highest BCUT2D eigenvalue weighted by atomic mass is 32.2. The maximum absolute atomic E-state index is 11.5. The number of hydrogen-bond acceptors (Lipinski definition) is 4. The van der Waals surface area contributed by atoms with Crippen molar-refractivity contribution in [3.05, 3.63) is 61.0 Å². The number of oxazole rings is 1. The van der Waals surface area contributed by atoms with Crippen molar-refractivity contribution in [3.63, 3.8) is 0 Å². The van der Waals surface area contributed by atoms with Gasteiger partial charge in [0.2, 0.25) is 0 Å². The van der Waals surface area contributed by atoms with Gasteiger partial charge in [0.05, 0.1) is 4.90 Å². The SMILES string of the molecule is CS(=O)(=O)c1ccc(-c2ocnc2-c2ccccc2)cc1. The molecule has 0 saturated carbocycles. The molecule has 0 amide bonds. The van der Waals surface area contributed by atoms with Crippen LogP contribution in [0.4, 0.5) is 0 Å². The fraction of sp³-hybridized carbons (Fsp3) is 0.0625. The monoisotopic (exact) mass is 299 g/mol. The normalized spacial score (nSPS) is 11.5. The minimum atomic E-state index is -3.20. The summed E-state index contributed by atoms with van der Waals surface area (Å²) in [5.74, 6) is 0.626. The number of sulfone groups is 1. The van der Waals surface area contributed by atoms with E-state index in [1.54, 1.807) is 24.3 Å². The fourth-order valence-electron chi connectivity index (χ4n) is 2.11. The molecule has 1 aromatic heterocycles. The van der Waals surface area contributed by atoms with E-state index in [0.29, 0.717) is 5.76 Å². The summed E-state index contributed by atoms with van der Waals surface area (Å²) in [6, 6.07) is 16.3. The molecule has 0 bridgehead atoms. The maximum Gasteiger partial charge on any atom is 0.182 e. The van der Waals surface area contributed by atoms with Gasteiger partial charge in [-0.25, -0.2) is 13.4 Å². The van der Waals surface area contributed by atoms with Gasteiger partial charge >= 0.3 is 0 Å². The standard InChI is InChI=1S/C16H13NO3S/c1-21(18,19)14-9-7-13(8-10-14)16-15(17-11-20-16)12-5-3-2-4-6-12/h2-11H,1H3. The first kappa shape index (κ1) is 13.6. The van der Waals surface area contributed by atoms with Crippen molar-refractivity contribution in [2.45, 2.75) is 4.90 Å². The van der Waals surface area contributed by atoms with Crippen molar-refractivity contribution >= 4 is 9.84 Å². The minimum Gasteiger partial charge on any atom is -0.443 e. The van der Waals surface area contributed by atoms with E-state index in [2.05, 4.69) is 4.98 Å². The molecule has 0 atom stereocenters. The van der Waals surface area contributed by atoms with Crippen LogP contribution < -0.4 is 0 Å². The summed E-state index contributed by atoms with van der Waals surface area (Å²) in [4.78, 5) is 4.53. The molecule has 0 aliphatic carbocycles. The van der Waals surface area contributed by atoms with E-state index in [-0.39, 0.29) is 4.90 Å². The summed E-state index contributed by atoms with van der Waals surface area (Å²) >= 11 is 0. The topological polar surface area (TPSA) is 60.2 Å². The summed E-state index contributed by atoms with van der Waals surface area (Å²) in [7, 11) is -3.20. The number of aromatic nitrogens is 1. The predicted molar refractivity (Wildman–Crippen MR) is 80.5 cm³/mol. The number of rotatable bonds is 3. The van der Waals surface area contributed by atoms with E-state index < -0.39 is 9.84 Å². The van der Waals surface area contributed by atoms with Crippen molar-refractivity contribution in [1.29, 1.82) is 0 Å². The maximum atomic E-state index is 11.5. The molecule has 0 aliphatic rings. The lowest BCUT2D eigenvalue weighted by Crippen LogP contribution is -1.96. The highest BCUT2D eigenvalue weighted by molar-refractivity contribution is 7.90. The first-order chi connectivity index (χ1) is 10.1. The van der Waals surface area contributed by atoms with Gasteiger partial charge in [-0.3, -0.25) is 0 Å². The summed E-state index contributed by atoms with van der Waals surface area (Å²) < 4.78 is 28.4. The molecule has 1 heterocycles. The van der Waals surface area contributed by atoms with Crippen molar-refractivity contribution < 1.29 is 12.8 Å². The third-order valence-electron chi connectivity index (χ3n) is 3.16. The number of nitrogens with zero attached hydrogens (tertiary/aromatic N) is 1. The Balaban J connectivity index is 2.05. The van der Waals surface area contributed by atoms with E-state index in [1.807, 2.05) is 30.3 Å². The second-order valence-corrected chi connectivity index (χ2v) is 6.71. The quantitative estimate of drug-likeness (QED) is 0.743. The molecule has 0 saturated heterocycles. The molecule has 0 N–H and O–H groups in total. The van der Waals surface area contributed by atoms with Crippen LogP contribution in [0.1, 0.15) is 0 Å². The summed E-state index contributed by atoms with van der Waals surface area (Å²) in [6.07, 6.45) is 2.58. The molecule has 21 heavy (non-hydrogen) atoms. The average molecular weight is 299 g/mol. The lowest BCUT2D eigenvalue weighted by Gasteiger charge is -2.03. The molecule has 0 unspecified atom stereocenters. The Kier molecular flexibility index (Phi) is 3.35. The van der Waals surface area contributed by atoms with Gasteiger partial charge in [0.15, 0.2) is 22.0 Å². The highest BCUT2D eigenvalue weighted by Crippen LogP contribution is 2.31. The van der Waals surface area contributed by atoms with Crippen molar-refractivity contribution in [3.8, 4) is 22.6 Å². The Morgan fingerprint density at radius 3 is 2.19 bits per heavy atom. The van der Waals surface area contributed by atoms with Gasteiger partial charge in [-0.2, -0.15) is 0 Å². The van der Waals surface area contributed by atoms with Crippen LogP contribution >= 0.6 is 0 Å². The van der Waals surface area contributed by atoms with Crippen LogP contribution in [0.3, 0.4) is 0 Å². The molecular weight excluding hydrogens is 286 g/mol. The molecule has 2 aromatic carbocycles. The summed E-state index contributed by atoms with van der Waals surface area (Å²) in [6.45, 7) is 0. The van der Waals surface area contributed by atoms with Gasteiger partial charge in [-0.05, 0) is 24.3 Å². The van der Waals surface area contributed by atoms with Gasteiger partial charge in [-0.1, -0.05) is 30.3 Å². The van der Waals surface area contributed by atoms with Crippen LogP contribution in [0.2, 0.25) is 0 Å². The number of benzene rings is 2. The first-order valence-corrected chi connectivity index (χ1v) is 8.24. The van der Waals surface area contributed by atoms with Crippen LogP contribution in [0, 0.1) is 0 Å². The molecular formula is C16H13NO3S. The fourth-order valence-corrected chi connectivity index (χ4v) is 2.74. The van der Waals surface area contributed by atoms with Gasteiger partial charge in [0.25, 0.3) is 0 Å². The van der Waals surface area contributed by atoms with E-state index in [4.69, 9.17) is 4.42 Å². The molecule has 5 heteroatoms. The third-order valence-corrected chi connectivity index (χ3v) is 4.29. The third kappa shape index (κ3) is 2.73. The zero-order valence-corrected chi connectivity index (χ0v) is 12.2. The largest absolute Gasteiger partial charge is 0.443 e. The molecule has 0 aliphatic heterocycles. The Labute approximate surface area is 123 Å². The molecule has 0 fully saturated rings. The van der Waals surface area contributed by atoms with Crippen LogP contribution in [-0.2, 0) is 9.84 Å². The van der Waals surface area contributed by atoms with E-state index in [1.165, 1.54) is 12.6 Å². The van der Waals surface area contributed by atoms with Crippen molar-refractivity contribution in [2.75, 3.05) is 6.26 Å². The van der Waals surface area contributed by atoms with Crippen LogP contribution in [0.15, 0.2) is 70.3 Å². The Bertz CT molecular complexity index is 850. The van der Waals surface area contributed by atoms with Gasteiger partial charge < -0.3 is 4.42 Å². The molecule has 3 rings (SSSR count).